The summed E-state index contributed by atoms with van der Waals surface area (Å²) in [6.45, 7) is 3.67. The first-order valence-electron chi connectivity index (χ1n) is 3.53. The van der Waals surface area contributed by atoms with Gasteiger partial charge in [0.1, 0.15) is 20.1 Å². The minimum Gasteiger partial charge on any atom is -0.842 e. The number of carbonyl (C=O) groups is 1. The highest BCUT2D eigenvalue weighted by Crippen LogP contribution is 2.13. The van der Waals surface area contributed by atoms with Crippen molar-refractivity contribution in [2.75, 3.05) is 20.6 Å². The van der Waals surface area contributed by atoms with Crippen LogP contribution in [0.25, 0.3) is 0 Å². The van der Waals surface area contributed by atoms with Crippen molar-refractivity contribution in [3.8, 4) is 0 Å². The predicted molar refractivity (Wildman–Crippen MR) is 41.8 cm³/mol. The van der Waals surface area contributed by atoms with Crippen molar-refractivity contribution in [2.24, 2.45) is 5.10 Å². The van der Waals surface area contributed by atoms with E-state index in [0.29, 0.717) is 0 Å². The molecule has 0 unspecified atom stereocenters. The lowest BCUT2D eigenvalue weighted by molar-refractivity contribution is -0.813. The molecule has 1 aliphatic rings. The van der Waals surface area contributed by atoms with E-state index in [-0.39, 0.29) is 17.2 Å². The molecule has 0 saturated heterocycles. The summed E-state index contributed by atoms with van der Waals surface area (Å²) in [5.74, 6) is 0. The molecule has 0 spiro atoms. The molecule has 0 atom stereocenters. The van der Waals surface area contributed by atoms with Crippen LogP contribution in [0.3, 0.4) is 0 Å². The fourth-order valence-corrected chi connectivity index (χ4v) is 0.973. The van der Waals surface area contributed by atoms with Crippen molar-refractivity contribution in [3.63, 3.8) is 0 Å². The van der Waals surface area contributed by atoms with E-state index in [1.165, 1.54) is 6.08 Å². The van der Waals surface area contributed by atoms with Gasteiger partial charge >= 0.3 is 6.03 Å². The zero-order chi connectivity index (χ0) is 9.35. The van der Waals surface area contributed by atoms with Gasteiger partial charge in [-0.2, -0.15) is 0 Å². The summed E-state index contributed by atoms with van der Waals surface area (Å²) in [6.07, 6.45) is 1.50. The van der Waals surface area contributed by atoms with Crippen molar-refractivity contribution >= 4 is 12.1 Å². The molecular formula is C7H11N3O2. The smallest absolute Gasteiger partial charge is 0.450 e. The number of carbonyl (C=O) groups excluding carboxylic acids is 1. The first kappa shape index (κ1) is 8.73. The number of hydrogen-bond acceptors (Lipinski definition) is 3. The maximum absolute atomic E-state index is 11.4. The molecule has 5 heteroatoms. The molecule has 1 aliphatic heterocycles. The number of urea groups is 1. The average Bonchev–Trinajstić information content (AvgIpc) is 2.13. The first-order valence-corrected chi connectivity index (χ1v) is 3.53. The molecule has 0 aromatic carbocycles. The number of hydrogen-bond donors (Lipinski definition) is 0. The highest BCUT2D eigenvalue weighted by Gasteiger charge is 2.38. The van der Waals surface area contributed by atoms with Gasteiger partial charge in [0, 0.05) is 6.54 Å². The minimum atomic E-state index is -0.495. The predicted octanol–water partition coefficient (Wildman–Crippen LogP) is -0.684. The van der Waals surface area contributed by atoms with E-state index in [1.807, 2.05) is 0 Å². The van der Waals surface area contributed by atoms with Gasteiger partial charge < -0.3 is 5.11 Å². The maximum atomic E-state index is 11.4. The quantitative estimate of drug-likeness (QED) is 0.406. The average molecular weight is 169 g/mol. The highest BCUT2D eigenvalue weighted by atomic mass is 16.3. The topological polar surface area (TPSA) is 55.7 Å². The molecule has 66 valence electrons. The van der Waals surface area contributed by atoms with Gasteiger partial charge in [0.2, 0.25) is 0 Å². The van der Waals surface area contributed by atoms with Crippen LogP contribution in [0.15, 0.2) is 17.8 Å². The lowest BCUT2D eigenvalue weighted by atomic mass is 10.5. The second-order valence-corrected chi connectivity index (χ2v) is 2.96. The molecule has 0 radical (unpaired) electrons. The van der Waals surface area contributed by atoms with E-state index in [0.717, 1.165) is 4.90 Å². The van der Waals surface area contributed by atoms with E-state index in [1.54, 1.807) is 14.1 Å². The van der Waals surface area contributed by atoms with E-state index in [2.05, 4.69) is 11.7 Å². The van der Waals surface area contributed by atoms with Crippen LogP contribution >= 0.6 is 0 Å². The van der Waals surface area contributed by atoms with Crippen LogP contribution in [-0.2, 0) is 0 Å². The third kappa shape index (κ3) is 1.18. The Hall–Kier alpha value is -1.36. The highest BCUT2D eigenvalue weighted by molar-refractivity contribution is 5.91. The molecule has 2 amide bonds. The summed E-state index contributed by atoms with van der Waals surface area (Å²) in [7, 11) is 3.12. The Balaban J connectivity index is 2.89. The van der Waals surface area contributed by atoms with Gasteiger partial charge in [0.25, 0.3) is 0 Å². The van der Waals surface area contributed by atoms with E-state index in [9.17, 15) is 9.90 Å². The lowest BCUT2D eigenvalue weighted by Gasteiger charge is -2.17. The van der Waals surface area contributed by atoms with Gasteiger partial charge in [0.15, 0.2) is 0 Å². The SMILES string of the molecule is C=CCN1C(=O)[N+](C)(C)N=C1[O-]. The third-order valence-corrected chi connectivity index (χ3v) is 1.58. The Kier molecular flexibility index (Phi) is 1.89. The first-order chi connectivity index (χ1) is 5.49. The molecule has 12 heavy (non-hydrogen) atoms. The number of amides is 2. The molecule has 0 aliphatic carbocycles. The van der Waals surface area contributed by atoms with E-state index < -0.39 is 6.02 Å². The van der Waals surface area contributed by atoms with Crippen LogP contribution in [0.1, 0.15) is 0 Å². The standard InChI is InChI=1S/C7H11N3O2/c1-4-5-9-6(11)8-10(2,3)7(9)12/h4H,1,5H2,2-3H3. The largest absolute Gasteiger partial charge is 0.842 e. The fourth-order valence-electron chi connectivity index (χ4n) is 0.973. The molecule has 0 saturated carbocycles. The summed E-state index contributed by atoms with van der Waals surface area (Å²) in [4.78, 5) is 12.4. The molecule has 1 rings (SSSR count). The van der Waals surface area contributed by atoms with Crippen molar-refractivity contribution in [1.29, 1.82) is 0 Å². The number of quaternary nitrogens is 1. The van der Waals surface area contributed by atoms with Gasteiger partial charge in [-0.25, -0.2) is 9.69 Å². The second-order valence-electron chi connectivity index (χ2n) is 2.96. The monoisotopic (exact) mass is 169 g/mol. The van der Waals surface area contributed by atoms with E-state index in [4.69, 9.17) is 0 Å². The number of rotatable bonds is 2. The summed E-state index contributed by atoms with van der Waals surface area (Å²) in [5.41, 5.74) is 0. The molecule has 0 aromatic heterocycles. The number of nitrogens with zero attached hydrogens (tertiary/aromatic N) is 3. The Morgan fingerprint density at radius 1 is 1.75 bits per heavy atom. The summed E-state index contributed by atoms with van der Waals surface area (Å²) in [6, 6.07) is -0.815. The lowest BCUT2D eigenvalue weighted by Crippen LogP contribution is -2.45. The fraction of sp³-hybridized carbons (Fsp3) is 0.429. The Morgan fingerprint density at radius 3 is 2.67 bits per heavy atom. The Labute approximate surface area is 70.8 Å². The van der Waals surface area contributed by atoms with Crippen molar-refractivity contribution in [3.05, 3.63) is 12.7 Å². The van der Waals surface area contributed by atoms with E-state index >= 15 is 0 Å². The molecular weight excluding hydrogens is 158 g/mol. The molecule has 0 aromatic rings. The second kappa shape index (κ2) is 2.60. The van der Waals surface area contributed by atoms with Gasteiger partial charge in [-0.1, -0.05) is 11.2 Å². The Morgan fingerprint density at radius 2 is 2.33 bits per heavy atom. The molecule has 0 N–H and O–H groups in total. The third-order valence-electron chi connectivity index (χ3n) is 1.58. The van der Waals surface area contributed by atoms with Crippen LogP contribution in [0.2, 0.25) is 0 Å². The van der Waals surface area contributed by atoms with Crippen LogP contribution in [-0.4, -0.2) is 42.2 Å². The summed E-state index contributed by atoms with van der Waals surface area (Å²) < 4.78 is -0.257. The zero-order valence-corrected chi connectivity index (χ0v) is 7.15. The normalized spacial score (nSPS) is 21.0. The van der Waals surface area contributed by atoms with Gasteiger partial charge in [-0.15, -0.1) is 11.2 Å². The van der Waals surface area contributed by atoms with Crippen LogP contribution in [0.4, 0.5) is 4.79 Å². The Bertz CT molecular complexity index is 257. The number of amidine groups is 1. The van der Waals surface area contributed by atoms with Crippen molar-refractivity contribution in [1.82, 2.24) is 4.90 Å². The molecule has 5 nitrogen and oxygen atoms in total. The van der Waals surface area contributed by atoms with Crippen LogP contribution in [0, 0.1) is 0 Å². The maximum Gasteiger partial charge on any atom is 0.450 e. The molecule has 1 heterocycles. The van der Waals surface area contributed by atoms with Crippen LogP contribution < -0.4 is 5.11 Å². The molecule has 0 fully saturated rings. The van der Waals surface area contributed by atoms with Crippen molar-refractivity contribution in [2.45, 2.75) is 0 Å². The zero-order valence-electron chi connectivity index (χ0n) is 7.15. The van der Waals surface area contributed by atoms with Gasteiger partial charge in [-0.05, 0) is 0 Å². The molecule has 0 bridgehead atoms. The minimum absolute atomic E-state index is 0.225. The summed E-state index contributed by atoms with van der Waals surface area (Å²) >= 11 is 0. The summed E-state index contributed by atoms with van der Waals surface area (Å²) in [5, 5.41) is 14.7. The van der Waals surface area contributed by atoms with Gasteiger partial charge in [0.05, 0.1) is 0 Å². The van der Waals surface area contributed by atoms with Crippen molar-refractivity contribution < 1.29 is 14.5 Å². The van der Waals surface area contributed by atoms with Crippen LogP contribution in [0.5, 0.6) is 0 Å². The van der Waals surface area contributed by atoms with Gasteiger partial charge in [-0.3, -0.25) is 0 Å².